The molecule has 7 heteroatoms. The summed E-state index contributed by atoms with van der Waals surface area (Å²) in [7, 11) is 0. The first-order chi connectivity index (χ1) is 14.6. The molecule has 0 radical (unpaired) electrons. The van der Waals surface area contributed by atoms with Crippen LogP contribution >= 0.6 is 24.0 Å². The molecule has 1 heterocycles. The van der Waals surface area contributed by atoms with Gasteiger partial charge in [-0.2, -0.15) is 0 Å². The fraction of sp³-hybridized carbons (Fsp3) is 0.417. The number of amides is 1. The lowest BCUT2D eigenvalue weighted by atomic mass is 9.97. The average molecular weight is 535 g/mol. The largest absolute Gasteiger partial charge is 0.369 e. The summed E-state index contributed by atoms with van der Waals surface area (Å²) in [5.41, 5.74) is 9.15. The van der Waals surface area contributed by atoms with Crippen LogP contribution in [0.25, 0.3) is 0 Å². The van der Waals surface area contributed by atoms with Crippen molar-refractivity contribution in [3.05, 3.63) is 71.3 Å². The van der Waals surface area contributed by atoms with Crippen LogP contribution in [-0.2, 0) is 24.4 Å². The van der Waals surface area contributed by atoms with Gasteiger partial charge in [0.15, 0.2) is 5.96 Å². The molecule has 0 aromatic heterocycles. The zero-order valence-electron chi connectivity index (χ0n) is 18.2. The van der Waals surface area contributed by atoms with Crippen molar-refractivity contribution >= 4 is 35.8 Å². The molecule has 1 saturated heterocycles. The molecular formula is C24H34IN5O. The summed E-state index contributed by atoms with van der Waals surface area (Å²) in [5, 5.41) is 6.70. The van der Waals surface area contributed by atoms with E-state index in [0.29, 0.717) is 6.54 Å². The normalized spacial score (nSPS) is 16.9. The van der Waals surface area contributed by atoms with Gasteiger partial charge in [-0.25, -0.2) is 4.99 Å². The molecule has 0 spiro atoms. The quantitative estimate of drug-likeness (QED) is 0.276. The van der Waals surface area contributed by atoms with Crippen molar-refractivity contribution in [2.24, 2.45) is 16.6 Å². The minimum atomic E-state index is -0.179. The van der Waals surface area contributed by atoms with Crippen LogP contribution in [0.15, 0.2) is 59.6 Å². The maximum absolute atomic E-state index is 11.5. The minimum absolute atomic E-state index is 0. The molecular weight excluding hydrogens is 501 g/mol. The number of halogens is 1. The predicted octanol–water partition coefficient (Wildman–Crippen LogP) is 3.26. The Morgan fingerprint density at radius 2 is 1.84 bits per heavy atom. The van der Waals surface area contributed by atoms with Crippen molar-refractivity contribution in [2.45, 2.75) is 39.4 Å². The van der Waals surface area contributed by atoms with Crippen LogP contribution in [0.2, 0.25) is 0 Å². The van der Waals surface area contributed by atoms with E-state index < -0.39 is 0 Å². The SMILES string of the molecule is CCNC(=NCc1cccc(CN2CCCC(C(N)=O)C2)c1)NCc1ccccc1.I. The fourth-order valence-corrected chi connectivity index (χ4v) is 3.81. The van der Waals surface area contributed by atoms with Gasteiger partial charge < -0.3 is 16.4 Å². The van der Waals surface area contributed by atoms with Gasteiger partial charge in [-0.1, -0.05) is 54.6 Å². The summed E-state index contributed by atoms with van der Waals surface area (Å²) in [6, 6.07) is 18.8. The van der Waals surface area contributed by atoms with Crippen molar-refractivity contribution in [1.29, 1.82) is 0 Å². The standard InChI is InChI=1S/C24H33N5O.HI/c1-2-26-24(27-15-19-8-4-3-5-9-19)28-16-20-10-6-11-21(14-20)17-29-13-7-12-22(18-29)23(25)30;/h3-6,8-11,14,22H,2,7,12-13,15-18H2,1H3,(H2,25,30)(H2,26,27,28);1H. The number of primary amides is 1. The number of benzene rings is 2. The third-order valence-electron chi connectivity index (χ3n) is 5.37. The second-order valence-corrected chi connectivity index (χ2v) is 7.83. The Balaban J connectivity index is 0.00000341. The van der Waals surface area contributed by atoms with Gasteiger partial charge in [0.25, 0.3) is 0 Å². The number of nitrogens with two attached hydrogens (primary N) is 1. The van der Waals surface area contributed by atoms with Crippen LogP contribution in [0.4, 0.5) is 0 Å². The number of nitrogens with one attached hydrogen (secondary N) is 2. The van der Waals surface area contributed by atoms with E-state index in [0.717, 1.165) is 51.5 Å². The van der Waals surface area contributed by atoms with Gasteiger partial charge in [0, 0.05) is 26.2 Å². The number of hydrogen-bond donors (Lipinski definition) is 3. The van der Waals surface area contributed by atoms with Gasteiger partial charge in [-0.3, -0.25) is 9.69 Å². The molecule has 1 amide bonds. The molecule has 1 aliphatic rings. The molecule has 3 rings (SSSR count). The number of carbonyl (C=O) groups is 1. The number of hydrogen-bond acceptors (Lipinski definition) is 3. The molecule has 2 aromatic carbocycles. The third-order valence-corrected chi connectivity index (χ3v) is 5.37. The highest BCUT2D eigenvalue weighted by molar-refractivity contribution is 14.0. The highest BCUT2D eigenvalue weighted by atomic mass is 127. The molecule has 168 valence electrons. The summed E-state index contributed by atoms with van der Waals surface area (Å²) in [6.45, 7) is 6.85. The van der Waals surface area contributed by atoms with E-state index in [1.807, 2.05) is 18.2 Å². The second kappa shape index (κ2) is 13.3. The number of carbonyl (C=O) groups excluding carboxylic acids is 1. The van der Waals surface area contributed by atoms with Crippen LogP contribution in [0.5, 0.6) is 0 Å². The lowest BCUT2D eigenvalue weighted by Gasteiger charge is -2.31. The molecule has 0 aliphatic carbocycles. The number of aliphatic imine (C=N–C) groups is 1. The van der Waals surface area contributed by atoms with Crippen molar-refractivity contribution in [1.82, 2.24) is 15.5 Å². The van der Waals surface area contributed by atoms with E-state index in [9.17, 15) is 4.79 Å². The molecule has 0 bridgehead atoms. The third kappa shape index (κ3) is 8.49. The topological polar surface area (TPSA) is 82.8 Å². The number of guanidine groups is 1. The molecule has 31 heavy (non-hydrogen) atoms. The molecule has 2 aromatic rings. The first kappa shape index (κ1) is 25.1. The molecule has 1 fully saturated rings. The van der Waals surface area contributed by atoms with E-state index in [4.69, 9.17) is 10.7 Å². The second-order valence-electron chi connectivity index (χ2n) is 7.83. The van der Waals surface area contributed by atoms with E-state index in [-0.39, 0.29) is 35.8 Å². The molecule has 4 N–H and O–H groups in total. The zero-order valence-corrected chi connectivity index (χ0v) is 20.5. The molecule has 1 atom stereocenters. The van der Waals surface area contributed by atoms with Gasteiger partial charge >= 0.3 is 0 Å². The Labute approximate surface area is 202 Å². The summed E-state index contributed by atoms with van der Waals surface area (Å²) >= 11 is 0. The van der Waals surface area contributed by atoms with Crippen LogP contribution in [0, 0.1) is 5.92 Å². The maximum atomic E-state index is 11.5. The maximum Gasteiger partial charge on any atom is 0.221 e. The lowest BCUT2D eigenvalue weighted by Crippen LogP contribution is -2.40. The van der Waals surface area contributed by atoms with Gasteiger partial charge in [0.2, 0.25) is 5.91 Å². The van der Waals surface area contributed by atoms with E-state index >= 15 is 0 Å². The zero-order chi connectivity index (χ0) is 21.2. The Morgan fingerprint density at radius 1 is 1.10 bits per heavy atom. The van der Waals surface area contributed by atoms with Crippen LogP contribution < -0.4 is 16.4 Å². The first-order valence-corrected chi connectivity index (χ1v) is 10.8. The van der Waals surface area contributed by atoms with E-state index in [1.54, 1.807) is 0 Å². The Morgan fingerprint density at radius 3 is 2.58 bits per heavy atom. The first-order valence-electron chi connectivity index (χ1n) is 10.8. The Bertz CT molecular complexity index is 843. The molecule has 0 saturated carbocycles. The van der Waals surface area contributed by atoms with E-state index in [2.05, 4.69) is 58.9 Å². The Kier molecular flexibility index (Phi) is 10.8. The predicted molar refractivity (Wildman–Crippen MR) is 137 cm³/mol. The monoisotopic (exact) mass is 535 g/mol. The van der Waals surface area contributed by atoms with Gasteiger partial charge in [-0.15, -0.1) is 24.0 Å². The van der Waals surface area contributed by atoms with Gasteiger partial charge in [-0.05, 0) is 43.0 Å². The average Bonchev–Trinajstić information content (AvgIpc) is 2.77. The van der Waals surface area contributed by atoms with Crippen LogP contribution in [0.3, 0.4) is 0 Å². The number of nitrogens with zero attached hydrogens (tertiary/aromatic N) is 2. The summed E-state index contributed by atoms with van der Waals surface area (Å²) in [6.07, 6.45) is 1.93. The van der Waals surface area contributed by atoms with Crippen LogP contribution in [-0.4, -0.2) is 36.4 Å². The lowest BCUT2D eigenvalue weighted by molar-refractivity contribution is -0.123. The molecule has 1 aliphatic heterocycles. The smallest absolute Gasteiger partial charge is 0.221 e. The molecule has 1 unspecified atom stereocenters. The summed E-state index contributed by atoms with van der Waals surface area (Å²) in [5.74, 6) is 0.610. The van der Waals surface area contributed by atoms with Gasteiger partial charge in [0.05, 0.1) is 12.5 Å². The van der Waals surface area contributed by atoms with Gasteiger partial charge in [0.1, 0.15) is 0 Å². The highest BCUT2D eigenvalue weighted by Crippen LogP contribution is 2.19. The van der Waals surface area contributed by atoms with E-state index in [1.165, 1.54) is 16.7 Å². The molecule has 6 nitrogen and oxygen atoms in total. The number of likely N-dealkylation sites (tertiary alicyclic amines) is 1. The Hall–Kier alpha value is -2.13. The van der Waals surface area contributed by atoms with Crippen molar-refractivity contribution in [3.63, 3.8) is 0 Å². The van der Waals surface area contributed by atoms with Crippen LogP contribution in [0.1, 0.15) is 36.5 Å². The fourth-order valence-electron chi connectivity index (χ4n) is 3.81. The number of piperidine rings is 1. The summed E-state index contributed by atoms with van der Waals surface area (Å²) in [4.78, 5) is 18.6. The van der Waals surface area contributed by atoms with Crippen molar-refractivity contribution < 1.29 is 4.79 Å². The number of rotatable bonds is 8. The van der Waals surface area contributed by atoms with Crippen molar-refractivity contribution in [3.8, 4) is 0 Å². The minimum Gasteiger partial charge on any atom is -0.369 e. The summed E-state index contributed by atoms with van der Waals surface area (Å²) < 4.78 is 0. The van der Waals surface area contributed by atoms with Crippen molar-refractivity contribution in [2.75, 3.05) is 19.6 Å². The highest BCUT2D eigenvalue weighted by Gasteiger charge is 2.23.